The quantitative estimate of drug-likeness (QED) is 0.458. The van der Waals surface area contributed by atoms with E-state index in [0.717, 1.165) is 11.1 Å². The topological polar surface area (TPSA) is 52.4 Å². The number of nitrogens with zero attached hydrogens (tertiary/aromatic N) is 1. The van der Waals surface area contributed by atoms with Crippen LogP contribution in [0.3, 0.4) is 0 Å². The summed E-state index contributed by atoms with van der Waals surface area (Å²) in [5, 5.41) is 11.7. The van der Waals surface area contributed by atoms with Gasteiger partial charge in [-0.1, -0.05) is 29.8 Å². The highest BCUT2D eigenvalue weighted by atomic mass is 35.5. The molecule has 2 atom stereocenters. The van der Waals surface area contributed by atoms with Gasteiger partial charge in [-0.2, -0.15) is 0 Å². The number of rotatable bonds is 3. The number of benzene rings is 2. The van der Waals surface area contributed by atoms with Crippen molar-refractivity contribution in [2.45, 2.75) is 11.8 Å². The molecule has 1 aliphatic heterocycles. The number of hydrogen-bond donors (Lipinski definition) is 0. The standard InChI is InChI=1S/C16H13Cl2NO3/c17-8-13-12-7-10(18)5-6-16(12)22-15-4-2-1-3-11(15)14(13)9-19(20)21/h1-7,13-14H,8-9H2/t13-,14-/m1/s1. The van der Waals surface area contributed by atoms with E-state index in [1.165, 1.54) is 0 Å². The average Bonchev–Trinajstić information content (AvgIpc) is 2.61. The van der Waals surface area contributed by atoms with Gasteiger partial charge in [0.2, 0.25) is 6.54 Å². The van der Waals surface area contributed by atoms with Crippen molar-refractivity contribution in [3.63, 3.8) is 0 Å². The smallest absolute Gasteiger partial charge is 0.211 e. The molecule has 0 unspecified atom stereocenters. The van der Waals surface area contributed by atoms with E-state index in [0.29, 0.717) is 16.5 Å². The summed E-state index contributed by atoms with van der Waals surface area (Å²) in [6.45, 7) is -0.205. The van der Waals surface area contributed by atoms with E-state index < -0.39 is 0 Å². The first kappa shape index (κ1) is 15.1. The normalized spacial score (nSPS) is 19.5. The lowest BCUT2D eigenvalue weighted by atomic mass is 9.82. The molecule has 0 fully saturated rings. The van der Waals surface area contributed by atoms with Crippen molar-refractivity contribution in [2.75, 3.05) is 12.4 Å². The second-order valence-corrected chi connectivity index (χ2v) is 5.95. The van der Waals surface area contributed by atoms with Crippen LogP contribution >= 0.6 is 23.2 Å². The zero-order chi connectivity index (χ0) is 15.7. The van der Waals surface area contributed by atoms with Crippen LogP contribution in [-0.4, -0.2) is 17.3 Å². The largest absolute Gasteiger partial charge is 0.457 e. The fraction of sp³-hybridized carbons (Fsp3) is 0.250. The maximum Gasteiger partial charge on any atom is 0.211 e. The third-order valence-electron chi connectivity index (χ3n) is 3.91. The number of fused-ring (bicyclic) bond motifs is 2. The average molecular weight is 338 g/mol. The monoisotopic (exact) mass is 337 g/mol. The molecular weight excluding hydrogens is 325 g/mol. The molecular formula is C16H13Cl2NO3. The van der Waals surface area contributed by atoms with Gasteiger partial charge in [-0.15, -0.1) is 11.6 Å². The Balaban J connectivity index is 2.20. The van der Waals surface area contributed by atoms with Gasteiger partial charge in [0, 0.05) is 32.9 Å². The van der Waals surface area contributed by atoms with Crippen LogP contribution in [-0.2, 0) is 0 Å². The molecule has 2 aromatic rings. The molecule has 22 heavy (non-hydrogen) atoms. The Morgan fingerprint density at radius 2 is 1.82 bits per heavy atom. The van der Waals surface area contributed by atoms with Crippen molar-refractivity contribution >= 4 is 23.2 Å². The predicted octanol–water partition coefficient (Wildman–Crippen LogP) is 4.83. The molecule has 0 saturated carbocycles. The molecule has 0 bridgehead atoms. The van der Waals surface area contributed by atoms with Crippen LogP contribution in [0.15, 0.2) is 42.5 Å². The fourth-order valence-corrected chi connectivity index (χ4v) is 3.47. The molecule has 4 nitrogen and oxygen atoms in total. The van der Waals surface area contributed by atoms with Gasteiger partial charge in [-0.3, -0.25) is 10.1 Å². The summed E-state index contributed by atoms with van der Waals surface area (Å²) in [6.07, 6.45) is 0. The van der Waals surface area contributed by atoms with E-state index >= 15 is 0 Å². The van der Waals surface area contributed by atoms with E-state index in [9.17, 15) is 10.1 Å². The third kappa shape index (κ3) is 2.76. The fourth-order valence-electron chi connectivity index (χ4n) is 2.91. The Kier molecular flexibility index (Phi) is 4.23. The van der Waals surface area contributed by atoms with Crippen LogP contribution in [0.1, 0.15) is 23.0 Å². The summed E-state index contributed by atoms with van der Waals surface area (Å²) in [5.74, 6) is 0.940. The first-order valence-electron chi connectivity index (χ1n) is 6.84. The second kappa shape index (κ2) is 6.15. The summed E-state index contributed by atoms with van der Waals surface area (Å²) in [6, 6.07) is 12.7. The Labute approximate surface area is 137 Å². The number of halogens is 2. The van der Waals surface area contributed by atoms with Gasteiger partial charge in [0.15, 0.2) is 0 Å². The zero-order valence-corrected chi connectivity index (χ0v) is 13.1. The lowest BCUT2D eigenvalue weighted by molar-refractivity contribution is -0.484. The summed E-state index contributed by atoms with van der Waals surface area (Å²) in [7, 11) is 0. The number of hydrogen-bond acceptors (Lipinski definition) is 3. The van der Waals surface area contributed by atoms with Crippen LogP contribution in [0.2, 0.25) is 5.02 Å². The Morgan fingerprint density at radius 3 is 2.55 bits per heavy atom. The van der Waals surface area contributed by atoms with Crippen molar-refractivity contribution in [3.8, 4) is 11.5 Å². The molecule has 3 rings (SSSR count). The SMILES string of the molecule is O=[N+]([O-])C[C@@H]1c2ccccc2Oc2ccc(Cl)cc2[C@H]1CCl. The molecule has 0 spiro atoms. The molecule has 0 N–H and O–H groups in total. The van der Waals surface area contributed by atoms with Crippen LogP contribution in [0, 0.1) is 10.1 Å². The van der Waals surface area contributed by atoms with Crippen molar-refractivity contribution in [1.29, 1.82) is 0 Å². The van der Waals surface area contributed by atoms with Gasteiger partial charge in [-0.05, 0) is 24.3 Å². The molecule has 0 amide bonds. The molecule has 1 aliphatic rings. The van der Waals surface area contributed by atoms with Crippen molar-refractivity contribution < 1.29 is 9.66 Å². The van der Waals surface area contributed by atoms with Crippen molar-refractivity contribution in [2.24, 2.45) is 0 Å². The van der Waals surface area contributed by atoms with Gasteiger partial charge < -0.3 is 4.74 Å². The van der Waals surface area contributed by atoms with Crippen molar-refractivity contribution in [1.82, 2.24) is 0 Å². The minimum atomic E-state index is -0.358. The number of para-hydroxylation sites is 1. The minimum Gasteiger partial charge on any atom is -0.457 e. The van der Waals surface area contributed by atoms with Gasteiger partial charge in [0.25, 0.3) is 0 Å². The van der Waals surface area contributed by atoms with Gasteiger partial charge in [0.1, 0.15) is 11.5 Å². The van der Waals surface area contributed by atoms with E-state index in [4.69, 9.17) is 27.9 Å². The molecule has 6 heteroatoms. The van der Waals surface area contributed by atoms with E-state index in [1.807, 2.05) is 24.3 Å². The Bertz CT molecular complexity index is 720. The second-order valence-electron chi connectivity index (χ2n) is 5.20. The lowest BCUT2D eigenvalue weighted by Crippen LogP contribution is -2.20. The Morgan fingerprint density at radius 1 is 1.09 bits per heavy atom. The minimum absolute atomic E-state index is 0.205. The van der Waals surface area contributed by atoms with E-state index in [1.54, 1.807) is 18.2 Å². The molecule has 0 radical (unpaired) electrons. The highest BCUT2D eigenvalue weighted by Crippen LogP contribution is 2.47. The summed E-state index contributed by atoms with van der Waals surface area (Å²) < 4.78 is 5.96. The van der Waals surface area contributed by atoms with Crippen LogP contribution in [0.4, 0.5) is 0 Å². The highest BCUT2D eigenvalue weighted by Gasteiger charge is 2.35. The number of ether oxygens (including phenoxy) is 1. The molecule has 0 saturated heterocycles. The summed E-state index contributed by atoms with van der Waals surface area (Å²) >= 11 is 12.2. The molecule has 0 aromatic heterocycles. The first-order chi connectivity index (χ1) is 10.6. The Hall–Kier alpha value is -1.78. The maximum atomic E-state index is 11.1. The first-order valence-corrected chi connectivity index (χ1v) is 7.75. The summed E-state index contributed by atoms with van der Waals surface area (Å²) in [4.78, 5) is 10.8. The van der Waals surface area contributed by atoms with Crippen molar-refractivity contribution in [3.05, 3.63) is 68.7 Å². The van der Waals surface area contributed by atoms with Gasteiger partial charge in [-0.25, -0.2) is 0 Å². The van der Waals surface area contributed by atoms with Crippen LogP contribution in [0.5, 0.6) is 11.5 Å². The lowest BCUT2D eigenvalue weighted by Gasteiger charge is -2.21. The van der Waals surface area contributed by atoms with Crippen LogP contribution in [0.25, 0.3) is 0 Å². The zero-order valence-electron chi connectivity index (χ0n) is 11.5. The maximum absolute atomic E-state index is 11.1. The summed E-state index contributed by atoms with van der Waals surface area (Å²) in [5.41, 5.74) is 1.61. The van der Waals surface area contributed by atoms with Gasteiger partial charge in [0.05, 0.1) is 5.92 Å². The molecule has 0 aliphatic carbocycles. The van der Waals surface area contributed by atoms with Gasteiger partial charge >= 0.3 is 0 Å². The molecule has 2 aromatic carbocycles. The van der Waals surface area contributed by atoms with E-state index in [2.05, 4.69) is 0 Å². The number of nitro groups is 1. The predicted molar refractivity (Wildman–Crippen MR) is 86.0 cm³/mol. The number of alkyl halides is 1. The molecule has 114 valence electrons. The highest BCUT2D eigenvalue weighted by molar-refractivity contribution is 6.30. The van der Waals surface area contributed by atoms with E-state index in [-0.39, 0.29) is 29.2 Å². The van der Waals surface area contributed by atoms with Crippen LogP contribution < -0.4 is 4.74 Å². The molecule has 1 heterocycles. The third-order valence-corrected chi connectivity index (χ3v) is 4.47.